The van der Waals surface area contributed by atoms with Gasteiger partial charge in [0.1, 0.15) is 5.82 Å². The molecule has 0 radical (unpaired) electrons. The third-order valence-corrected chi connectivity index (χ3v) is 4.48. The van der Waals surface area contributed by atoms with Crippen LogP contribution in [0.2, 0.25) is 0 Å². The molecule has 0 bridgehead atoms. The molecule has 3 heteroatoms. The Morgan fingerprint density at radius 2 is 1.83 bits per heavy atom. The van der Waals surface area contributed by atoms with Gasteiger partial charge in [-0.25, -0.2) is 4.39 Å². The van der Waals surface area contributed by atoms with Crippen LogP contribution in [0.4, 0.5) is 4.39 Å². The second-order valence-corrected chi connectivity index (χ2v) is 6.02. The average molecular weight is 322 g/mol. The van der Waals surface area contributed by atoms with E-state index in [1.165, 1.54) is 17.7 Å². The van der Waals surface area contributed by atoms with Gasteiger partial charge in [0.05, 0.1) is 6.42 Å². The minimum absolute atomic E-state index is 0.103. The standard InChI is InChI=1S/C21H19FO2/c1-3-14-4-6-15(7-5-14)10-18-13(2)19(12-21(23)24)20-11-16(22)8-9-17(18)20/h4-11H,3,12H2,1-2H3,(H,23,24). The fraction of sp³-hybridized carbons (Fsp3) is 0.190. The lowest BCUT2D eigenvalue weighted by Gasteiger charge is -2.05. The van der Waals surface area contributed by atoms with Gasteiger partial charge in [0.2, 0.25) is 0 Å². The number of aryl methyl sites for hydroxylation is 1. The highest BCUT2D eigenvalue weighted by atomic mass is 19.1. The van der Waals surface area contributed by atoms with E-state index < -0.39 is 5.97 Å². The minimum Gasteiger partial charge on any atom is -0.481 e. The lowest BCUT2D eigenvalue weighted by molar-refractivity contribution is -0.135. The quantitative estimate of drug-likeness (QED) is 0.841. The largest absolute Gasteiger partial charge is 0.481 e. The molecule has 1 aliphatic carbocycles. The third kappa shape index (κ3) is 3.02. The molecule has 0 atom stereocenters. The van der Waals surface area contributed by atoms with Gasteiger partial charge in [-0.15, -0.1) is 0 Å². The molecule has 1 aliphatic rings. The normalized spacial score (nSPS) is 15.0. The summed E-state index contributed by atoms with van der Waals surface area (Å²) in [6.07, 6.45) is 2.93. The molecule has 3 rings (SSSR count). The summed E-state index contributed by atoms with van der Waals surface area (Å²) in [4.78, 5) is 11.2. The monoisotopic (exact) mass is 322 g/mol. The average Bonchev–Trinajstić information content (AvgIpc) is 2.80. The summed E-state index contributed by atoms with van der Waals surface area (Å²) >= 11 is 0. The predicted molar refractivity (Wildman–Crippen MR) is 94.9 cm³/mol. The lowest BCUT2D eigenvalue weighted by atomic mass is 10.00. The molecule has 24 heavy (non-hydrogen) atoms. The van der Waals surface area contributed by atoms with Gasteiger partial charge in [0.25, 0.3) is 0 Å². The van der Waals surface area contributed by atoms with Crippen molar-refractivity contribution in [3.63, 3.8) is 0 Å². The number of hydrogen-bond acceptors (Lipinski definition) is 1. The van der Waals surface area contributed by atoms with Gasteiger partial charge in [-0.2, -0.15) is 0 Å². The Hall–Kier alpha value is -2.68. The summed E-state index contributed by atoms with van der Waals surface area (Å²) in [5, 5.41) is 9.17. The summed E-state index contributed by atoms with van der Waals surface area (Å²) < 4.78 is 13.6. The van der Waals surface area contributed by atoms with E-state index in [-0.39, 0.29) is 12.2 Å². The Morgan fingerprint density at radius 3 is 2.46 bits per heavy atom. The number of carboxylic acids is 1. The maximum atomic E-state index is 13.6. The number of rotatable bonds is 4. The molecular weight excluding hydrogens is 303 g/mol. The summed E-state index contributed by atoms with van der Waals surface area (Å²) in [6.45, 7) is 4.02. The van der Waals surface area contributed by atoms with Crippen LogP contribution in [0.15, 0.2) is 48.0 Å². The number of fused-ring (bicyclic) bond motifs is 1. The zero-order valence-corrected chi connectivity index (χ0v) is 13.8. The Kier molecular flexibility index (Phi) is 4.34. The Balaban J connectivity index is 2.11. The molecule has 0 aliphatic heterocycles. The predicted octanol–water partition coefficient (Wildman–Crippen LogP) is 5.19. The molecule has 0 unspecified atom stereocenters. The fourth-order valence-electron chi connectivity index (χ4n) is 3.15. The van der Waals surface area contributed by atoms with Crippen molar-refractivity contribution in [3.05, 3.63) is 76.1 Å². The van der Waals surface area contributed by atoms with Crippen LogP contribution < -0.4 is 0 Å². The van der Waals surface area contributed by atoms with Crippen molar-refractivity contribution in [2.75, 3.05) is 0 Å². The molecule has 2 aromatic carbocycles. The molecule has 0 fully saturated rings. The van der Waals surface area contributed by atoms with Crippen LogP contribution in [0, 0.1) is 5.82 Å². The van der Waals surface area contributed by atoms with E-state index in [1.54, 1.807) is 6.07 Å². The van der Waals surface area contributed by atoms with E-state index in [0.717, 1.165) is 28.7 Å². The molecule has 122 valence electrons. The SMILES string of the molecule is CCc1ccc(C=C2C(C)=C(CC(=O)O)c3cc(F)ccc32)cc1. The highest BCUT2D eigenvalue weighted by Crippen LogP contribution is 2.43. The van der Waals surface area contributed by atoms with Gasteiger partial charge in [0.15, 0.2) is 0 Å². The molecule has 0 heterocycles. The van der Waals surface area contributed by atoms with Crippen molar-refractivity contribution < 1.29 is 14.3 Å². The topological polar surface area (TPSA) is 37.3 Å². The van der Waals surface area contributed by atoms with Crippen LogP contribution in [-0.2, 0) is 11.2 Å². The van der Waals surface area contributed by atoms with Crippen molar-refractivity contribution in [1.82, 2.24) is 0 Å². The second kappa shape index (κ2) is 6.44. The fourth-order valence-corrected chi connectivity index (χ4v) is 3.15. The molecule has 0 saturated carbocycles. The zero-order valence-electron chi connectivity index (χ0n) is 13.8. The van der Waals surface area contributed by atoms with Gasteiger partial charge >= 0.3 is 5.97 Å². The van der Waals surface area contributed by atoms with Crippen molar-refractivity contribution >= 4 is 23.2 Å². The Labute approximate surface area is 141 Å². The number of hydrogen-bond donors (Lipinski definition) is 1. The van der Waals surface area contributed by atoms with E-state index in [9.17, 15) is 14.3 Å². The van der Waals surface area contributed by atoms with Crippen molar-refractivity contribution in [1.29, 1.82) is 0 Å². The van der Waals surface area contributed by atoms with Crippen LogP contribution in [0.1, 0.15) is 42.5 Å². The van der Waals surface area contributed by atoms with Crippen molar-refractivity contribution in [2.24, 2.45) is 0 Å². The lowest BCUT2D eigenvalue weighted by Crippen LogP contribution is -1.97. The molecule has 2 nitrogen and oxygen atoms in total. The molecule has 0 amide bonds. The number of carboxylic acid groups (broad SMARTS) is 1. The second-order valence-electron chi connectivity index (χ2n) is 6.02. The maximum Gasteiger partial charge on any atom is 0.307 e. The van der Waals surface area contributed by atoms with Crippen molar-refractivity contribution in [2.45, 2.75) is 26.7 Å². The highest BCUT2D eigenvalue weighted by molar-refractivity contribution is 6.07. The third-order valence-electron chi connectivity index (χ3n) is 4.48. The number of allylic oxidation sites excluding steroid dienone is 2. The molecular formula is C21H19FO2. The van der Waals surface area contributed by atoms with Crippen LogP contribution in [0.25, 0.3) is 17.2 Å². The van der Waals surface area contributed by atoms with Gasteiger partial charge in [-0.05, 0) is 70.5 Å². The molecule has 1 N–H and O–H groups in total. The van der Waals surface area contributed by atoms with Crippen LogP contribution >= 0.6 is 0 Å². The van der Waals surface area contributed by atoms with E-state index in [4.69, 9.17) is 0 Å². The minimum atomic E-state index is -0.909. The van der Waals surface area contributed by atoms with Gasteiger partial charge in [-0.1, -0.05) is 37.3 Å². The highest BCUT2D eigenvalue weighted by Gasteiger charge is 2.25. The molecule has 0 spiro atoms. The van der Waals surface area contributed by atoms with E-state index in [0.29, 0.717) is 11.1 Å². The van der Waals surface area contributed by atoms with E-state index in [1.807, 2.05) is 13.0 Å². The molecule has 0 aromatic heterocycles. The summed E-state index contributed by atoms with van der Waals surface area (Å²) in [5.74, 6) is -1.26. The maximum absolute atomic E-state index is 13.6. The molecule has 2 aromatic rings. The number of halogens is 1. The number of benzene rings is 2. The van der Waals surface area contributed by atoms with E-state index in [2.05, 4.69) is 31.2 Å². The van der Waals surface area contributed by atoms with Crippen LogP contribution in [0.3, 0.4) is 0 Å². The first-order chi connectivity index (χ1) is 11.5. The molecule has 0 saturated heterocycles. The summed E-state index contributed by atoms with van der Waals surface area (Å²) in [6, 6.07) is 12.9. The first kappa shape index (κ1) is 16.2. The van der Waals surface area contributed by atoms with E-state index >= 15 is 0 Å². The van der Waals surface area contributed by atoms with Gasteiger partial charge < -0.3 is 5.11 Å². The van der Waals surface area contributed by atoms with Crippen molar-refractivity contribution in [3.8, 4) is 0 Å². The first-order valence-corrected chi connectivity index (χ1v) is 8.02. The smallest absolute Gasteiger partial charge is 0.307 e. The van der Waals surface area contributed by atoms with Gasteiger partial charge in [0, 0.05) is 0 Å². The zero-order chi connectivity index (χ0) is 17.3. The summed E-state index contributed by atoms with van der Waals surface area (Å²) in [5.41, 5.74) is 6.45. The first-order valence-electron chi connectivity index (χ1n) is 8.02. The van der Waals surface area contributed by atoms with Crippen LogP contribution in [-0.4, -0.2) is 11.1 Å². The number of carbonyl (C=O) groups is 1. The van der Waals surface area contributed by atoms with Crippen LogP contribution in [0.5, 0.6) is 0 Å². The van der Waals surface area contributed by atoms with Gasteiger partial charge in [-0.3, -0.25) is 4.79 Å². The Morgan fingerprint density at radius 1 is 1.12 bits per heavy atom. The Bertz CT molecular complexity index is 858. The number of aliphatic carboxylic acids is 1. The summed E-state index contributed by atoms with van der Waals surface area (Å²) in [7, 11) is 0.